The molecule has 0 aliphatic carbocycles. The number of alkyl halides is 1. The van der Waals surface area contributed by atoms with E-state index in [0.717, 1.165) is 0 Å². The van der Waals surface area contributed by atoms with Crippen molar-refractivity contribution in [3.05, 3.63) is 64.7 Å². The summed E-state index contributed by atoms with van der Waals surface area (Å²) in [7, 11) is 1.48. The van der Waals surface area contributed by atoms with Crippen LogP contribution in [0, 0.1) is 0 Å². The van der Waals surface area contributed by atoms with E-state index in [-0.39, 0.29) is 0 Å². The maximum absolute atomic E-state index is 14.3. The monoisotopic (exact) mass is 320 g/mol. The average Bonchev–Trinajstić information content (AvgIpc) is 2.59. The van der Waals surface area contributed by atoms with Crippen LogP contribution in [0.4, 0.5) is 10.1 Å². The van der Waals surface area contributed by atoms with Crippen LogP contribution in [0.2, 0.25) is 5.02 Å². The van der Waals surface area contributed by atoms with Gasteiger partial charge in [0, 0.05) is 23.3 Å². The Kier molecular flexibility index (Phi) is 3.87. The number of hydroxylamine groups is 2. The van der Waals surface area contributed by atoms with E-state index < -0.39 is 18.2 Å². The van der Waals surface area contributed by atoms with Gasteiger partial charge in [-0.1, -0.05) is 41.9 Å². The highest BCUT2D eigenvalue weighted by molar-refractivity contribution is 6.30. The lowest BCUT2D eigenvalue weighted by Crippen LogP contribution is -2.42. The number of hydrogen-bond acceptors (Lipinski definition) is 3. The lowest BCUT2D eigenvalue weighted by atomic mass is 9.97. The van der Waals surface area contributed by atoms with Crippen LogP contribution in [0.1, 0.15) is 17.2 Å². The Bertz CT molecular complexity index is 711. The Morgan fingerprint density at radius 3 is 2.55 bits per heavy atom. The van der Waals surface area contributed by atoms with Crippen molar-refractivity contribution in [2.75, 3.05) is 11.9 Å². The molecule has 22 heavy (non-hydrogen) atoms. The molecule has 4 nitrogen and oxygen atoms in total. The van der Waals surface area contributed by atoms with Gasteiger partial charge in [-0.3, -0.25) is 4.79 Å². The number of benzene rings is 2. The molecule has 1 aliphatic rings. The fourth-order valence-electron chi connectivity index (χ4n) is 2.68. The normalized spacial score (nSPS) is 22.4. The van der Waals surface area contributed by atoms with E-state index in [1.54, 1.807) is 42.5 Å². The second-order valence-electron chi connectivity index (χ2n) is 5.13. The van der Waals surface area contributed by atoms with Crippen LogP contribution in [0.5, 0.6) is 0 Å². The Morgan fingerprint density at radius 1 is 1.18 bits per heavy atom. The van der Waals surface area contributed by atoms with Crippen LogP contribution in [0.15, 0.2) is 48.5 Å². The van der Waals surface area contributed by atoms with Crippen LogP contribution in [-0.4, -0.2) is 29.5 Å². The zero-order valence-corrected chi connectivity index (χ0v) is 12.5. The van der Waals surface area contributed by atoms with Crippen LogP contribution < -0.4 is 4.90 Å². The molecule has 0 saturated carbocycles. The molecular weight excluding hydrogens is 307 g/mol. The summed E-state index contributed by atoms with van der Waals surface area (Å²) >= 11 is 6.05. The Balaban J connectivity index is 2.25. The van der Waals surface area contributed by atoms with Crippen molar-refractivity contribution in [2.45, 2.75) is 12.3 Å². The van der Waals surface area contributed by atoms with Gasteiger partial charge in [0.2, 0.25) is 0 Å². The van der Waals surface area contributed by atoms with Gasteiger partial charge in [0.15, 0.2) is 0 Å². The smallest absolute Gasteiger partial charge is 0.278 e. The lowest BCUT2D eigenvalue weighted by Gasteiger charge is -2.26. The van der Waals surface area contributed by atoms with E-state index in [0.29, 0.717) is 26.9 Å². The van der Waals surface area contributed by atoms with E-state index in [1.807, 2.05) is 6.07 Å². The first-order valence-corrected chi connectivity index (χ1v) is 7.11. The minimum absolute atomic E-state index is 0.441. The van der Waals surface area contributed by atoms with E-state index in [1.165, 1.54) is 11.9 Å². The largest absolute Gasteiger partial charge is 0.311 e. The molecule has 0 fully saturated rings. The van der Waals surface area contributed by atoms with Crippen molar-refractivity contribution in [1.29, 1.82) is 0 Å². The Labute approximate surface area is 132 Å². The van der Waals surface area contributed by atoms with Gasteiger partial charge in [-0.05, 0) is 23.8 Å². The topological polar surface area (TPSA) is 43.8 Å². The number of fused-ring (bicyclic) bond motifs is 1. The molecule has 0 radical (unpaired) electrons. The third kappa shape index (κ3) is 2.37. The lowest BCUT2D eigenvalue weighted by molar-refractivity contribution is -0.191. The standard InChI is InChI=1S/C16H14ClFN2O2/c1-19-13-8-7-11(17)9-12(13)14(10-5-3-2-4-6-10)20(22)15(18)16(19)21/h2-9,14-15,22H,1H3. The quantitative estimate of drug-likeness (QED) is 0.819. The van der Waals surface area contributed by atoms with Crippen molar-refractivity contribution in [2.24, 2.45) is 0 Å². The van der Waals surface area contributed by atoms with Crippen molar-refractivity contribution in [1.82, 2.24) is 5.06 Å². The van der Waals surface area contributed by atoms with Gasteiger partial charge < -0.3 is 10.1 Å². The number of carbonyl (C=O) groups excluding carboxylic acids is 1. The molecule has 114 valence electrons. The van der Waals surface area contributed by atoms with Gasteiger partial charge in [-0.25, -0.2) is 4.39 Å². The molecule has 1 aliphatic heterocycles. The van der Waals surface area contributed by atoms with Gasteiger partial charge in [0.1, 0.15) is 0 Å². The fraction of sp³-hybridized carbons (Fsp3) is 0.188. The Hall–Kier alpha value is -1.95. The SMILES string of the molecule is CN1C(=O)C(F)N(O)C(c2ccccc2)c2cc(Cl)ccc21. The number of carbonyl (C=O) groups is 1. The molecule has 0 spiro atoms. The highest BCUT2D eigenvalue weighted by atomic mass is 35.5. The van der Waals surface area contributed by atoms with Gasteiger partial charge in [0.05, 0.1) is 6.04 Å². The van der Waals surface area contributed by atoms with Gasteiger partial charge >= 0.3 is 0 Å². The third-order valence-corrected chi connectivity index (χ3v) is 4.03. The number of likely N-dealkylation sites (N-methyl/N-ethyl adjacent to an activating group) is 1. The minimum Gasteiger partial charge on any atom is -0.311 e. The second-order valence-corrected chi connectivity index (χ2v) is 5.57. The van der Waals surface area contributed by atoms with Gasteiger partial charge in [-0.15, -0.1) is 5.06 Å². The number of halogens is 2. The van der Waals surface area contributed by atoms with Crippen molar-refractivity contribution in [3.63, 3.8) is 0 Å². The van der Waals surface area contributed by atoms with E-state index in [9.17, 15) is 14.4 Å². The molecule has 2 aromatic carbocycles. The maximum Gasteiger partial charge on any atom is 0.278 e. The van der Waals surface area contributed by atoms with E-state index in [4.69, 9.17) is 11.6 Å². The zero-order chi connectivity index (χ0) is 15.9. The minimum atomic E-state index is -2.15. The maximum atomic E-state index is 14.3. The van der Waals surface area contributed by atoms with Gasteiger partial charge in [0.25, 0.3) is 12.2 Å². The average molecular weight is 321 g/mol. The molecule has 0 saturated heterocycles. The number of anilines is 1. The molecule has 2 unspecified atom stereocenters. The summed E-state index contributed by atoms with van der Waals surface area (Å²) < 4.78 is 14.3. The summed E-state index contributed by atoms with van der Waals surface area (Å²) in [6, 6.07) is 13.0. The summed E-state index contributed by atoms with van der Waals surface area (Å²) in [6.45, 7) is 0. The fourth-order valence-corrected chi connectivity index (χ4v) is 2.86. The molecule has 1 N–H and O–H groups in total. The molecule has 2 aromatic rings. The molecule has 1 amide bonds. The molecule has 0 aromatic heterocycles. The first kappa shape index (κ1) is 15.0. The third-order valence-electron chi connectivity index (χ3n) is 3.79. The Morgan fingerprint density at radius 2 is 1.86 bits per heavy atom. The molecule has 3 rings (SSSR count). The molecule has 1 heterocycles. The molecule has 2 atom stereocenters. The summed E-state index contributed by atoms with van der Waals surface area (Å²) in [4.78, 5) is 13.3. The summed E-state index contributed by atoms with van der Waals surface area (Å²) in [5, 5.41) is 11.2. The predicted molar refractivity (Wildman–Crippen MR) is 81.7 cm³/mol. The van der Waals surface area contributed by atoms with Gasteiger partial charge in [-0.2, -0.15) is 0 Å². The van der Waals surface area contributed by atoms with Crippen LogP contribution in [0.3, 0.4) is 0 Å². The highest BCUT2D eigenvalue weighted by Crippen LogP contribution is 2.39. The van der Waals surface area contributed by atoms with Crippen LogP contribution in [0.25, 0.3) is 0 Å². The van der Waals surface area contributed by atoms with E-state index in [2.05, 4.69) is 0 Å². The summed E-state index contributed by atoms with van der Waals surface area (Å²) in [6.07, 6.45) is -2.15. The zero-order valence-electron chi connectivity index (χ0n) is 11.8. The number of rotatable bonds is 1. The van der Waals surface area contributed by atoms with Crippen molar-refractivity contribution in [3.8, 4) is 0 Å². The van der Waals surface area contributed by atoms with Crippen LogP contribution in [-0.2, 0) is 4.79 Å². The number of amides is 1. The second kappa shape index (κ2) is 5.68. The number of nitrogens with zero attached hydrogens (tertiary/aromatic N) is 2. The number of hydrogen-bond donors (Lipinski definition) is 1. The summed E-state index contributed by atoms with van der Waals surface area (Å²) in [5.74, 6) is -0.829. The molecule has 0 bridgehead atoms. The highest BCUT2D eigenvalue weighted by Gasteiger charge is 2.40. The molecular formula is C16H14ClFN2O2. The predicted octanol–water partition coefficient (Wildman–Crippen LogP) is 3.39. The van der Waals surface area contributed by atoms with Crippen molar-refractivity contribution >= 4 is 23.2 Å². The first-order chi connectivity index (χ1) is 10.5. The van der Waals surface area contributed by atoms with Crippen molar-refractivity contribution < 1.29 is 14.4 Å². The summed E-state index contributed by atoms with van der Waals surface area (Å²) in [5.41, 5.74) is 1.75. The van der Waals surface area contributed by atoms with Crippen LogP contribution >= 0.6 is 11.6 Å². The molecule has 6 heteroatoms. The van der Waals surface area contributed by atoms with E-state index >= 15 is 0 Å². The first-order valence-electron chi connectivity index (χ1n) is 6.74.